The molecule has 1 aromatic carbocycles. The van der Waals surface area contributed by atoms with Gasteiger partial charge in [0.1, 0.15) is 23.0 Å². The lowest BCUT2D eigenvalue weighted by Crippen LogP contribution is -2.54. The van der Waals surface area contributed by atoms with Crippen molar-refractivity contribution in [2.45, 2.75) is 44.4 Å². The summed E-state index contributed by atoms with van der Waals surface area (Å²) in [7, 11) is 0.972. The van der Waals surface area contributed by atoms with Gasteiger partial charge in [0.05, 0.1) is 28.8 Å². The van der Waals surface area contributed by atoms with Crippen LogP contribution in [0.5, 0.6) is 0 Å². The molecule has 5 amide bonds. The average molecular weight is 664 g/mol. The van der Waals surface area contributed by atoms with Gasteiger partial charge in [0.15, 0.2) is 0 Å². The highest BCUT2D eigenvalue weighted by atomic mass is 19.4. The van der Waals surface area contributed by atoms with Gasteiger partial charge in [0.25, 0.3) is 23.3 Å². The number of nitrogens with zero attached hydrogens (tertiary/aromatic N) is 5. The zero-order chi connectivity index (χ0) is 34.7. The number of halogens is 3. The molecule has 2 aromatic heterocycles. The van der Waals surface area contributed by atoms with E-state index in [-0.39, 0.29) is 35.6 Å². The highest BCUT2D eigenvalue weighted by Crippen LogP contribution is 2.33. The first-order valence-corrected chi connectivity index (χ1v) is 14.8. The molecule has 2 saturated heterocycles. The van der Waals surface area contributed by atoms with Gasteiger partial charge in [-0.3, -0.25) is 43.7 Å². The van der Waals surface area contributed by atoms with Crippen LogP contribution in [0.2, 0.25) is 0 Å². The van der Waals surface area contributed by atoms with Crippen LogP contribution in [-0.4, -0.2) is 67.9 Å². The van der Waals surface area contributed by atoms with Gasteiger partial charge in [0.2, 0.25) is 11.8 Å². The van der Waals surface area contributed by atoms with Crippen LogP contribution < -0.4 is 21.1 Å². The van der Waals surface area contributed by atoms with Crippen LogP contribution in [0, 0.1) is 17.8 Å². The van der Waals surface area contributed by atoms with Crippen molar-refractivity contribution in [3.05, 3.63) is 75.5 Å². The van der Waals surface area contributed by atoms with E-state index in [1.807, 2.05) is 4.90 Å². The molecule has 6 rings (SSSR count). The highest BCUT2D eigenvalue weighted by molar-refractivity contribution is 6.23. The van der Waals surface area contributed by atoms with Gasteiger partial charge in [-0.1, -0.05) is 11.8 Å². The first-order chi connectivity index (χ1) is 22.6. The monoisotopic (exact) mass is 663 g/mol. The molecule has 3 aliphatic heterocycles. The Morgan fingerprint density at radius 2 is 1.73 bits per heavy atom. The molecule has 3 aliphatic rings. The number of amides is 5. The zero-order valence-electron chi connectivity index (χ0n) is 25.8. The molecule has 0 spiro atoms. The molecule has 48 heavy (non-hydrogen) atoms. The van der Waals surface area contributed by atoms with Gasteiger partial charge in [0, 0.05) is 38.4 Å². The molecule has 3 aromatic rings. The summed E-state index contributed by atoms with van der Waals surface area (Å²) in [5.41, 5.74) is -2.19. The Morgan fingerprint density at radius 1 is 1.02 bits per heavy atom. The number of nitrogens with one attached hydrogen (secondary N) is 2. The third-order valence-corrected chi connectivity index (χ3v) is 8.64. The van der Waals surface area contributed by atoms with E-state index in [0.717, 1.165) is 24.1 Å². The number of carbonyl (C=O) groups is 5. The van der Waals surface area contributed by atoms with Crippen LogP contribution in [0.1, 0.15) is 58.7 Å². The number of fused-ring (bicyclic) bond motifs is 1. The largest absolute Gasteiger partial charge is 0.431 e. The van der Waals surface area contributed by atoms with Crippen LogP contribution in [0.3, 0.4) is 0 Å². The number of benzene rings is 1. The number of carbonyl (C=O) groups excluding carboxylic acids is 5. The molecule has 2 N–H and O–H groups in total. The third kappa shape index (κ3) is 5.61. The second-order valence-electron chi connectivity index (χ2n) is 12.2. The van der Waals surface area contributed by atoms with Gasteiger partial charge in [-0.05, 0) is 50.6 Å². The SMILES string of the molecule is Cn1c(C(F)(F)F)ccc(NC(=O)C(C)(C)n2cc(C#CC3CN(c4ccc5c(c4)C(=O)N(C4CCC(=O)NC4=O)C5=O)C3)cn2)c1=O. The number of rotatable bonds is 5. The average Bonchev–Trinajstić information content (AvgIpc) is 3.57. The molecule has 5 heterocycles. The van der Waals surface area contributed by atoms with E-state index in [0.29, 0.717) is 28.9 Å². The fourth-order valence-corrected chi connectivity index (χ4v) is 5.71. The molecular formula is C32H28F3N7O6. The Balaban J connectivity index is 1.08. The van der Waals surface area contributed by atoms with Crippen LogP contribution >= 0.6 is 0 Å². The van der Waals surface area contributed by atoms with Gasteiger partial charge < -0.3 is 14.8 Å². The number of aromatic nitrogens is 3. The van der Waals surface area contributed by atoms with Crippen LogP contribution in [0.15, 0.2) is 47.5 Å². The Kier molecular flexibility index (Phi) is 7.73. The summed E-state index contributed by atoms with van der Waals surface area (Å²) in [6, 6.07) is 5.48. The van der Waals surface area contributed by atoms with E-state index in [1.54, 1.807) is 24.4 Å². The van der Waals surface area contributed by atoms with Gasteiger partial charge >= 0.3 is 6.18 Å². The van der Waals surface area contributed by atoms with Gasteiger partial charge in [-0.2, -0.15) is 18.3 Å². The van der Waals surface area contributed by atoms with Crippen LogP contribution in [-0.2, 0) is 33.1 Å². The van der Waals surface area contributed by atoms with Crippen molar-refractivity contribution in [3.63, 3.8) is 0 Å². The van der Waals surface area contributed by atoms with E-state index in [1.165, 1.54) is 24.7 Å². The van der Waals surface area contributed by atoms with Crippen molar-refractivity contribution < 1.29 is 37.1 Å². The Labute approximate surface area is 270 Å². The minimum absolute atomic E-state index is 0.0351. The summed E-state index contributed by atoms with van der Waals surface area (Å²) in [6.45, 7) is 4.14. The molecule has 1 atom stereocenters. The third-order valence-electron chi connectivity index (χ3n) is 8.64. The van der Waals surface area contributed by atoms with Crippen molar-refractivity contribution in [2.75, 3.05) is 23.3 Å². The lowest BCUT2D eigenvalue weighted by Gasteiger charge is -2.38. The quantitative estimate of drug-likeness (QED) is 0.310. The van der Waals surface area contributed by atoms with Crippen molar-refractivity contribution in [1.82, 2.24) is 24.6 Å². The van der Waals surface area contributed by atoms with Crippen LogP contribution in [0.4, 0.5) is 24.5 Å². The van der Waals surface area contributed by atoms with E-state index in [9.17, 15) is 41.9 Å². The van der Waals surface area contributed by atoms with E-state index in [4.69, 9.17) is 0 Å². The first kappa shape index (κ1) is 32.2. The van der Waals surface area contributed by atoms with Gasteiger partial charge in [-0.15, -0.1) is 0 Å². The molecule has 0 aliphatic carbocycles. The van der Waals surface area contributed by atoms with Gasteiger partial charge in [-0.25, -0.2) is 0 Å². The number of pyridine rings is 1. The predicted octanol–water partition coefficient (Wildman–Crippen LogP) is 1.86. The molecule has 0 radical (unpaired) electrons. The predicted molar refractivity (Wildman–Crippen MR) is 163 cm³/mol. The maximum absolute atomic E-state index is 13.1. The lowest BCUT2D eigenvalue weighted by atomic mass is 9.98. The van der Waals surface area contributed by atoms with E-state index in [2.05, 4.69) is 27.6 Å². The molecule has 248 valence electrons. The smallest absolute Gasteiger partial charge is 0.369 e. The number of alkyl halides is 3. The molecule has 1 unspecified atom stereocenters. The highest BCUT2D eigenvalue weighted by Gasteiger charge is 2.45. The molecule has 0 bridgehead atoms. The topological polar surface area (TPSA) is 156 Å². The fourth-order valence-electron chi connectivity index (χ4n) is 5.71. The fraction of sp³-hybridized carbons (Fsp3) is 0.344. The van der Waals surface area contributed by atoms with Crippen molar-refractivity contribution >= 4 is 40.9 Å². The standard InChI is InChI=1S/C32H28F3N7O6/c1-31(2,30(48)37-22-8-10-24(32(33,34)35)39(3)29(22)47)41-16-17(13-36-41)4-5-18-14-40(15-18)19-6-7-20-21(12-19)28(46)42(27(20)45)23-9-11-25(43)38-26(23)44/h6-8,10,12-13,16,18,23H,9,11,14-15H2,1-3H3,(H,37,48)(H,38,43,44). The minimum Gasteiger partial charge on any atom is -0.369 e. The summed E-state index contributed by atoms with van der Waals surface area (Å²) in [6.07, 6.45) is -1.61. The van der Waals surface area contributed by atoms with Crippen LogP contribution in [0.25, 0.3) is 0 Å². The minimum atomic E-state index is -4.73. The first-order valence-electron chi connectivity index (χ1n) is 14.8. The number of hydrogen-bond acceptors (Lipinski definition) is 8. The number of piperidine rings is 1. The summed E-state index contributed by atoms with van der Waals surface area (Å²) in [5.74, 6) is 3.18. The summed E-state index contributed by atoms with van der Waals surface area (Å²) in [4.78, 5) is 78.3. The Morgan fingerprint density at radius 3 is 2.42 bits per heavy atom. The summed E-state index contributed by atoms with van der Waals surface area (Å²) >= 11 is 0. The number of imide groups is 2. The summed E-state index contributed by atoms with van der Waals surface area (Å²) in [5, 5.41) is 8.79. The Hall–Kier alpha value is -5.72. The maximum atomic E-state index is 13.1. The van der Waals surface area contributed by atoms with Crippen molar-refractivity contribution in [3.8, 4) is 11.8 Å². The van der Waals surface area contributed by atoms with Crippen molar-refractivity contribution in [1.29, 1.82) is 0 Å². The lowest BCUT2D eigenvalue weighted by molar-refractivity contribution is -0.143. The van der Waals surface area contributed by atoms with E-state index >= 15 is 0 Å². The van der Waals surface area contributed by atoms with Crippen molar-refractivity contribution in [2.24, 2.45) is 13.0 Å². The number of hydrogen-bond donors (Lipinski definition) is 2. The zero-order valence-corrected chi connectivity index (χ0v) is 25.8. The molecule has 16 heteroatoms. The second kappa shape index (κ2) is 11.5. The molecule has 0 saturated carbocycles. The molecular weight excluding hydrogens is 635 g/mol. The maximum Gasteiger partial charge on any atom is 0.431 e. The molecule has 13 nitrogen and oxygen atoms in total. The summed E-state index contributed by atoms with van der Waals surface area (Å²) < 4.78 is 41.1. The van der Waals surface area contributed by atoms with E-state index < -0.39 is 58.5 Å². The second-order valence-corrected chi connectivity index (χ2v) is 12.2. The normalized spacial score (nSPS) is 18.2. The Bertz CT molecular complexity index is 2030. The molecule has 2 fully saturated rings. The number of anilines is 2.